The zero-order valence-corrected chi connectivity index (χ0v) is 12.7. The first-order chi connectivity index (χ1) is 10.9. The number of hydrogen-bond acceptors (Lipinski definition) is 2. The van der Waals surface area contributed by atoms with Gasteiger partial charge in [-0.1, -0.05) is 6.92 Å². The highest BCUT2D eigenvalue weighted by molar-refractivity contribution is 5.82. The summed E-state index contributed by atoms with van der Waals surface area (Å²) in [6.45, 7) is 1.82. The molecular formula is C16H16F6O2. The monoisotopic (exact) mass is 354 g/mol. The molecule has 1 N–H and O–H groups in total. The van der Waals surface area contributed by atoms with Gasteiger partial charge in [-0.3, -0.25) is 4.79 Å². The number of aliphatic hydroxyl groups is 1. The van der Waals surface area contributed by atoms with Crippen LogP contribution in [-0.4, -0.2) is 10.9 Å². The molecule has 0 amide bonds. The average molecular weight is 354 g/mol. The van der Waals surface area contributed by atoms with Gasteiger partial charge in [-0.2, -0.15) is 26.3 Å². The predicted octanol–water partition coefficient (Wildman–Crippen LogP) is 4.76. The van der Waals surface area contributed by atoms with Crippen molar-refractivity contribution in [1.29, 1.82) is 0 Å². The highest BCUT2D eigenvalue weighted by Crippen LogP contribution is 2.40. The summed E-state index contributed by atoms with van der Waals surface area (Å²) in [5.41, 5.74) is -3.53. The van der Waals surface area contributed by atoms with E-state index in [1.54, 1.807) is 0 Å². The number of Topliss-reactive ketones (excluding diaryl/α,β-unsaturated/α-hetero) is 1. The summed E-state index contributed by atoms with van der Waals surface area (Å²) in [4.78, 5) is 11.9. The van der Waals surface area contributed by atoms with Crippen LogP contribution < -0.4 is 0 Å². The van der Waals surface area contributed by atoms with E-state index in [0.29, 0.717) is 18.6 Å². The van der Waals surface area contributed by atoms with E-state index in [-0.39, 0.29) is 30.6 Å². The molecule has 0 radical (unpaired) electrons. The Labute approximate surface area is 134 Å². The van der Waals surface area contributed by atoms with Gasteiger partial charge >= 0.3 is 12.4 Å². The van der Waals surface area contributed by atoms with Gasteiger partial charge < -0.3 is 5.11 Å². The second-order valence-electron chi connectivity index (χ2n) is 6.24. The second kappa shape index (κ2) is 6.38. The molecule has 134 valence electrons. The number of aliphatic hydroxyl groups excluding tert-OH is 1. The quantitative estimate of drug-likeness (QED) is 0.778. The van der Waals surface area contributed by atoms with Gasteiger partial charge in [0.15, 0.2) is 0 Å². The molecule has 0 spiro atoms. The third kappa shape index (κ3) is 4.09. The van der Waals surface area contributed by atoms with Crippen molar-refractivity contribution in [1.82, 2.24) is 0 Å². The third-order valence-electron chi connectivity index (χ3n) is 4.29. The largest absolute Gasteiger partial charge is 0.416 e. The fourth-order valence-corrected chi connectivity index (χ4v) is 2.94. The SMILES string of the molecule is C[C@H]1CCC(=O)[C@H]([C@@H](O)c2cc(C(F)(F)F)cc(C(F)(F)F)c2)C1. The summed E-state index contributed by atoms with van der Waals surface area (Å²) in [7, 11) is 0. The van der Waals surface area contributed by atoms with E-state index >= 15 is 0 Å². The molecule has 2 nitrogen and oxygen atoms in total. The summed E-state index contributed by atoms with van der Waals surface area (Å²) in [6.07, 6.45) is -10.7. The van der Waals surface area contributed by atoms with Crippen molar-refractivity contribution in [3.8, 4) is 0 Å². The van der Waals surface area contributed by atoms with Crippen LogP contribution in [0.2, 0.25) is 0 Å². The Kier molecular flexibility index (Phi) is 4.99. The van der Waals surface area contributed by atoms with E-state index < -0.39 is 41.1 Å². The molecule has 24 heavy (non-hydrogen) atoms. The fraction of sp³-hybridized carbons (Fsp3) is 0.562. The summed E-state index contributed by atoms with van der Waals surface area (Å²) in [6, 6.07) is 0.959. The Bertz CT molecular complexity index is 588. The smallest absolute Gasteiger partial charge is 0.388 e. The standard InChI is InChI=1S/C16H16F6O2/c1-8-2-3-13(23)12(4-8)14(24)9-5-10(15(17,18)19)7-11(6-9)16(20,21)22/h5-8,12,14,24H,2-4H2,1H3/t8-,12+,14-/m0/s1. The van der Waals surface area contributed by atoms with Crippen molar-refractivity contribution in [2.75, 3.05) is 0 Å². The molecule has 1 aliphatic carbocycles. The molecule has 1 aliphatic rings. The molecule has 1 aromatic carbocycles. The fourth-order valence-electron chi connectivity index (χ4n) is 2.94. The molecule has 0 bridgehead atoms. The first-order valence-electron chi connectivity index (χ1n) is 7.39. The summed E-state index contributed by atoms with van der Waals surface area (Å²) < 4.78 is 77.2. The van der Waals surface area contributed by atoms with Crippen LogP contribution in [-0.2, 0) is 17.1 Å². The van der Waals surface area contributed by atoms with E-state index in [1.165, 1.54) is 0 Å². The molecule has 1 saturated carbocycles. The lowest BCUT2D eigenvalue weighted by Gasteiger charge is -2.30. The van der Waals surface area contributed by atoms with E-state index in [1.807, 2.05) is 6.92 Å². The number of halogens is 6. The van der Waals surface area contributed by atoms with Crippen molar-refractivity contribution in [3.63, 3.8) is 0 Å². The molecule has 0 aromatic heterocycles. The van der Waals surface area contributed by atoms with Gasteiger partial charge in [-0.05, 0) is 42.5 Å². The second-order valence-corrected chi connectivity index (χ2v) is 6.24. The van der Waals surface area contributed by atoms with Gasteiger partial charge in [0, 0.05) is 12.3 Å². The van der Waals surface area contributed by atoms with Crippen LogP contribution >= 0.6 is 0 Å². The van der Waals surface area contributed by atoms with Crippen LogP contribution in [0.15, 0.2) is 18.2 Å². The van der Waals surface area contributed by atoms with Gasteiger partial charge in [-0.25, -0.2) is 0 Å². The third-order valence-corrected chi connectivity index (χ3v) is 4.29. The predicted molar refractivity (Wildman–Crippen MR) is 72.9 cm³/mol. The van der Waals surface area contributed by atoms with E-state index in [0.717, 1.165) is 0 Å². The number of rotatable bonds is 2. The number of carbonyl (C=O) groups is 1. The van der Waals surface area contributed by atoms with Crippen LogP contribution in [0.5, 0.6) is 0 Å². The highest BCUT2D eigenvalue weighted by atomic mass is 19.4. The number of alkyl halides is 6. The molecule has 0 heterocycles. The maximum atomic E-state index is 12.9. The van der Waals surface area contributed by atoms with Crippen LogP contribution in [0.25, 0.3) is 0 Å². The lowest BCUT2D eigenvalue weighted by Crippen LogP contribution is -2.29. The molecule has 2 rings (SSSR count). The summed E-state index contributed by atoms with van der Waals surface area (Å²) >= 11 is 0. The lowest BCUT2D eigenvalue weighted by molar-refractivity contribution is -0.143. The number of hydrogen-bond donors (Lipinski definition) is 1. The van der Waals surface area contributed by atoms with E-state index in [4.69, 9.17) is 0 Å². The molecule has 0 aliphatic heterocycles. The van der Waals surface area contributed by atoms with Crippen LogP contribution in [0.1, 0.15) is 49.0 Å². The van der Waals surface area contributed by atoms with Crippen LogP contribution in [0.3, 0.4) is 0 Å². The van der Waals surface area contributed by atoms with Crippen molar-refractivity contribution >= 4 is 5.78 Å². The molecule has 1 aromatic rings. The van der Waals surface area contributed by atoms with Gasteiger partial charge in [0.2, 0.25) is 0 Å². The van der Waals surface area contributed by atoms with Crippen molar-refractivity contribution in [2.24, 2.45) is 11.8 Å². The summed E-state index contributed by atoms with van der Waals surface area (Å²) in [5, 5.41) is 10.3. The highest BCUT2D eigenvalue weighted by Gasteiger charge is 2.39. The van der Waals surface area contributed by atoms with Crippen LogP contribution in [0, 0.1) is 11.8 Å². The minimum absolute atomic E-state index is 0.00152. The molecule has 1 fully saturated rings. The maximum Gasteiger partial charge on any atom is 0.416 e. The molecule has 0 saturated heterocycles. The average Bonchev–Trinajstić information content (AvgIpc) is 2.46. The van der Waals surface area contributed by atoms with Crippen molar-refractivity contribution in [2.45, 2.75) is 44.6 Å². The zero-order chi connectivity index (χ0) is 18.3. The van der Waals surface area contributed by atoms with Gasteiger partial charge in [0.05, 0.1) is 17.2 Å². The molecule has 3 atom stereocenters. The Morgan fingerprint density at radius 1 is 1.04 bits per heavy atom. The first-order valence-corrected chi connectivity index (χ1v) is 7.39. The number of carbonyl (C=O) groups excluding carboxylic acids is 1. The number of ketones is 1. The lowest BCUT2D eigenvalue weighted by atomic mass is 9.76. The van der Waals surface area contributed by atoms with Crippen molar-refractivity contribution in [3.05, 3.63) is 34.9 Å². The zero-order valence-electron chi connectivity index (χ0n) is 12.7. The molecule has 0 unspecified atom stereocenters. The topological polar surface area (TPSA) is 37.3 Å². The number of benzene rings is 1. The minimum atomic E-state index is -4.99. The molecule has 8 heteroatoms. The van der Waals surface area contributed by atoms with E-state index in [9.17, 15) is 36.2 Å². The Morgan fingerprint density at radius 3 is 2.00 bits per heavy atom. The van der Waals surface area contributed by atoms with Gasteiger partial charge in [-0.15, -0.1) is 0 Å². The Morgan fingerprint density at radius 2 is 1.54 bits per heavy atom. The van der Waals surface area contributed by atoms with E-state index in [2.05, 4.69) is 0 Å². The van der Waals surface area contributed by atoms with Crippen LogP contribution in [0.4, 0.5) is 26.3 Å². The maximum absolute atomic E-state index is 12.9. The molecular weight excluding hydrogens is 338 g/mol. The first kappa shape index (κ1) is 18.8. The normalized spacial score (nSPS) is 24.1. The van der Waals surface area contributed by atoms with Crippen molar-refractivity contribution < 1.29 is 36.2 Å². The Balaban J connectivity index is 2.46. The van der Waals surface area contributed by atoms with Gasteiger partial charge in [0.1, 0.15) is 5.78 Å². The minimum Gasteiger partial charge on any atom is -0.388 e. The van der Waals surface area contributed by atoms with Gasteiger partial charge in [0.25, 0.3) is 0 Å². The summed E-state index contributed by atoms with van der Waals surface area (Å²) in [5.74, 6) is -1.26. The Hall–Kier alpha value is -1.57.